The van der Waals surface area contributed by atoms with Gasteiger partial charge in [0.25, 0.3) is 5.91 Å². The number of hydrogen-bond donors (Lipinski definition) is 1. The second-order valence-corrected chi connectivity index (χ2v) is 3.17. The highest BCUT2D eigenvalue weighted by Crippen LogP contribution is 1.98. The lowest BCUT2D eigenvalue weighted by Gasteiger charge is -2.12. The molecule has 0 aliphatic carbocycles. The highest BCUT2D eigenvalue weighted by atomic mass is 35.5. The molecule has 1 unspecified atom stereocenters. The first-order valence-electron chi connectivity index (χ1n) is 4.41. The molecular formula is C9H12ClN3O. The molecule has 0 aliphatic heterocycles. The van der Waals surface area contributed by atoms with Crippen molar-refractivity contribution in [3.8, 4) is 0 Å². The summed E-state index contributed by atoms with van der Waals surface area (Å²) in [6.45, 7) is 1.97. The fourth-order valence-corrected chi connectivity index (χ4v) is 1.24. The predicted octanol–water partition coefficient (Wildman–Crippen LogP) is 1.22. The Morgan fingerprint density at radius 2 is 2.43 bits per heavy atom. The maximum absolute atomic E-state index is 11.5. The van der Waals surface area contributed by atoms with Gasteiger partial charge in [0, 0.05) is 11.9 Å². The molecule has 0 aromatic carbocycles. The molecule has 76 valence electrons. The number of halogens is 1. The molecular weight excluding hydrogens is 202 g/mol. The van der Waals surface area contributed by atoms with Crippen LogP contribution in [-0.2, 0) is 0 Å². The Bertz CT molecular complexity index is 287. The van der Waals surface area contributed by atoms with Gasteiger partial charge in [0.2, 0.25) is 0 Å². The van der Waals surface area contributed by atoms with Crippen molar-refractivity contribution >= 4 is 17.5 Å². The Hall–Kier alpha value is -1.16. The maximum Gasteiger partial charge on any atom is 0.253 e. The lowest BCUT2D eigenvalue weighted by molar-refractivity contribution is 0.0939. The van der Waals surface area contributed by atoms with Crippen LogP contribution in [0.1, 0.15) is 23.7 Å². The summed E-state index contributed by atoms with van der Waals surface area (Å²) in [4.78, 5) is 11.5. The van der Waals surface area contributed by atoms with Gasteiger partial charge < -0.3 is 5.32 Å². The summed E-state index contributed by atoms with van der Waals surface area (Å²) in [6.07, 6.45) is 3.72. The second kappa shape index (κ2) is 5.54. The van der Waals surface area contributed by atoms with Crippen molar-refractivity contribution in [3.63, 3.8) is 0 Å². The van der Waals surface area contributed by atoms with E-state index in [0.29, 0.717) is 11.4 Å². The molecule has 0 spiro atoms. The Morgan fingerprint density at radius 3 is 2.93 bits per heavy atom. The van der Waals surface area contributed by atoms with Crippen LogP contribution >= 0.6 is 11.6 Å². The summed E-state index contributed by atoms with van der Waals surface area (Å²) < 4.78 is 0. The van der Waals surface area contributed by atoms with Crippen molar-refractivity contribution in [2.45, 2.75) is 19.4 Å². The number of hydrogen-bond acceptors (Lipinski definition) is 3. The highest BCUT2D eigenvalue weighted by molar-refractivity contribution is 6.18. The fraction of sp³-hybridized carbons (Fsp3) is 0.444. The second-order valence-electron chi connectivity index (χ2n) is 2.86. The third-order valence-electron chi connectivity index (χ3n) is 1.86. The lowest BCUT2D eigenvalue weighted by atomic mass is 10.2. The fourth-order valence-electron chi connectivity index (χ4n) is 0.943. The molecule has 0 bridgehead atoms. The van der Waals surface area contributed by atoms with Crippen molar-refractivity contribution in [2.75, 3.05) is 5.88 Å². The van der Waals surface area contributed by atoms with Gasteiger partial charge in [-0.1, -0.05) is 6.92 Å². The molecule has 1 aromatic rings. The number of carbonyl (C=O) groups is 1. The summed E-state index contributed by atoms with van der Waals surface area (Å²) in [7, 11) is 0. The minimum absolute atomic E-state index is 0.0114. The van der Waals surface area contributed by atoms with Crippen LogP contribution in [0.5, 0.6) is 0 Å². The van der Waals surface area contributed by atoms with Crippen LogP contribution in [0.2, 0.25) is 0 Å². The molecule has 5 heteroatoms. The quantitative estimate of drug-likeness (QED) is 0.766. The molecule has 1 aromatic heterocycles. The third kappa shape index (κ3) is 2.96. The van der Waals surface area contributed by atoms with Crippen LogP contribution in [0.4, 0.5) is 0 Å². The first-order valence-corrected chi connectivity index (χ1v) is 4.95. The van der Waals surface area contributed by atoms with Gasteiger partial charge >= 0.3 is 0 Å². The normalized spacial score (nSPS) is 12.1. The maximum atomic E-state index is 11.5. The standard InChI is InChI=1S/C9H12ClN3O/c1-2-8(5-10)13-9(14)7-3-4-11-12-6-7/h3-4,6,8H,2,5H2,1H3,(H,13,14). The Morgan fingerprint density at radius 1 is 1.64 bits per heavy atom. The van der Waals surface area contributed by atoms with Gasteiger partial charge in [0.15, 0.2) is 0 Å². The van der Waals surface area contributed by atoms with Gasteiger partial charge in [-0.15, -0.1) is 11.6 Å². The summed E-state index contributed by atoms with van der Waals surface area (Å²) in [5.74, 6) is 0.258. The van der Waals surface area contributed by atoms with Crippen molar-refractivity contribution in [3.05, 3.63) is 24.0 Å². The van der Waals surface area contributed by atoms with Crippen molar-refractivity contribution in [2.24, 2.45) is 0 Å². The van der Waals surface area contributed by atoms with Crippen molar-refractivity contribution < 1.29 is 4.79 Å². The van der Waals surface area contributed by atoms with Gasteiger partial charge in [0.05, 0.1) is 18.0 Å². The van der Waals surface area contributed by atoms with Gasteiger partial charge in [-0.05, 0) is 12.5 Å². The van der Waals surface area contributed by atoms with Gasteiger partial charge in [0.1, 0.15) is 0 Å². The Kier molecular flexibility index (Phi) is 4.32. The summed E-state index contributed by atoms with van der Waals surface area (Å²) in [5.41, 5.74) is 0.503. The lowest BCUT2D eigenvalue weighted by Crippen LogP contribution is -2.35. The van der Waals surface area contributed by atoms with Gasteiger partial charge in [-0.25, -0.2) is 0 Å². The minimum atomic E-state index is -0.160. The number of amides is 1. The SMILES string of the molecule is CCC(CCl)NC(=O)c1ccnnc1. The first kappa shape index (κ1) is 10.9. The van der Waals surface area contributed by atoms with Crippen LogP contribution in [0.25, 0.3) is 0 Å². The molecule has 1 atom stereocenters. The molecule has 1 amide bonds. The molecule has 1 rings (SSSR count). The molecule has 0 saturated heterocycles. The molecule has 1 N–H and O–H groups in total. The van der Waals surface area contributed by atoms with E-state index in [2.05, 4.69) is 15.5 Å². The van der Waals surface area contributed by atoms with E-state index < -0.39 is 0 Å². The Labute approximate surface area is 87.7 Å². The molecule has 4 nitrogen and oxygen atoms in total. The van der Waals surface area contributed by atoms with Crippen molar-refractivity contribution in [1.29, 1.82) is 0 Å². The molecule has 1 heterocycles. The zero-order valence-electron chi connectivity index (χ0n) is 7.90. The zero-order chi connectivity index (χ0) is 10.4. The van der Waals surface area contributed by atoms with E-state index in [9.17, 15) is 4.79 Å². The van der Waals surface area contributed by atoms with E-state index in [-0.39, 0.29) is 11.9 Å². The highest BCUT2D eigenvalue weighted by Gasteiger charge is 2.10. The van der Waals surface area contributed by atoms with Crippen molar-refractivity contribution in [1.82, 2.24) is 15.5 Å². The number of rotatable bonds is 4. The van der Waals surface area contributed by atoms with Crippen LogP contribution in [0, 0.1) is 0 Å². The van der Waals surface area contributed by atoms with E-state index in [4.69, 9.17) is 11.6 Å². The summed E-state index contributed by atoms with van der Waals surface area (Å²) >= 11 is 5.66. The van der Waals surface area contributed by atoms with Gasteiger partial charge in [-0.2, -0.15) is 10.2 Å². The van der Waals surface area contributed by atoms with Crippen LogP contribution in [-0.4, -0.2) is 28.0 Å². The largest absolute Gasteiger partial charge is 0.348 e. The number of alkyl halides is 1. The van der Waals surface area contributed by atoms with E-state index in [1.807, 2.05) is 6.92 Å². The smallest absolute Gasteiger partial charge is 0.253 e. The van der Waals surface area contributed by atoms with Gasteiger partial charge in [-0.3, -0.25) is 4.79 Å². The monoisotopic (exact) mass is 213 g/mol. The number of nitrogens with one attached hydrogen (secondary N) is 1. The molecule has 14 heavy (non-hydrogen) atoms. The minimum Gasteiger partial charge on any atom is -0.348 e. The van der Waals surface area contributed by atoms with Crippen LogP contribution in [0.15, 0.2) is 18.5 Å². The number of nitrogens with zero attached hydrogens (tertiary/aromatic N) is 2. The van der Waals surface area contributed by atoms with E-state index in [1.54, 1.807) is 6.07 Å². The first-order chi connectivity index (χ1) is 6.77. The van der Waals surface area contributed by atoms with Crippen LogP contribution < -0.4 is 5.32 Å². The molecule has 0 aliphatic rings. The average molecular weight is 214 g/mol. The molecule has 0 saturated carbocycles. The number of aromatic nitrogens is 2. The average Bonchev–Trinajstić information content (AvgIpc) is 2.26. The predicted molar refractivity (Wildman–Crippen MR) is 54.3 cm³/mol. The Balaban J connectivity index is 2.59. The van der Waals surface area contributed by atoms with E-state index in [1.165, 1.54) is 12.4 Å². The molecule has 0 fully saturated rings. The van der Waals surface area contributed by atoms with E-state index >= 15 is 0 Å². The zero-order valence-corrected chi connectivity index (χ0v) is 8.66. The molecule has 0 radical (unpaired) electrons. The van der Waals surface area contributed by atoms with Crippen LogP contribution in [0.3, 0.4) is 0 Å². The summed E-state index contributed by atoms with van der Waals surface area (Å²) in [6, 6.07) is 1.63. The number of carbonyl (C=O) groups excluding carboxylic acids is 1. The third-order valence-corrected chi connectivity index (χ3v) is 2.23. The van der Waals surface area contributed by atoms with E-state index in [0.717, 1.165) is 6.42 Å². The summed E-state index contributed by atoms with van der Waals surface area (Å²) in [5, 5.41) is 10.0. The topological polar surface area (TPSA) is 54.9 Å².